The van der Waals surface area contributed by atoms with Crippen molar-refractivity contribution in [2.45, 2.75) is 0 Å². The van der Waals surface area contributed by atoms with Crippen molar-refractivity contribution in [2.24, 2.45) is 0 Å². The second-order valence-electron chi connectivity index (χ2n) is 11.6. The lowest BCUT2D eigenvalue weighted by atomic mass is 10.2. The van der Waals surface area contributed by atoms with Crippen LogP contribution in [0.25, 0.3) is 17.1 Å². The maximum Gasteiger partial charge on any atom is 0.345 e. The van der Waals surface area contributed by atoms with Crippen LogP contribution in [0.15, 0.2) is 178 Å². The van der Waals surface area contributed by atoms with Gasteiger partial charge in [-0.3, -0.25) is 0 Å². The zero-order chi connectivity index (χ0) is 37.6. The fourth-order valence-corrected chi connectivity index (χ4v) is 5.42. The number of ether oxygens (including phenoxy) is 3. The molecule has 12 heteroatoms. The largest absolute Gasteiger partial charge is 0.423 e. The Labute approximate surface area is 305 Å². The van der Waals surface area contributed by atoms with E-state index in [0.29, 0.717) is 16.7 Å². The molecule has 0 N–H and O–H groups in total. The Bertz CT molecular complexity index is 2320. The first-order chi connectivity index (χ1) is 26.3. The molecule has 12 nitrogen and oxygen atoms in total. The van der Waals surface area contributed by atoms with Gasteiger partial charge in [0, 0.05) is 0 Å². The Balaban J connectivity index is 1.27. The number of benzene rings is 6. The van der Waals surface area contributed by atoms with Gasteiger partial charge < -0.3 is 14.2 Å². The number of aromatic nitrogens is 3. The summed E-state index contributed by atoms with van der Waals surface area (Å²) in [5, 5.41) is 0. The van der Waals surface area contributed by atoms with Crippen LogP contribution in [-0.4, -0.2) is 31.6 Å². The van der Waals surface area contributed by atoms with E-state index in [-0.39, 0.29) is 34.3 Å². The Morgan fingerprint density at radius 3 is 0.759 bits per heavy atom. The van der Waals surface area contributed by atoms with Crippen molar-refractivity contribution < 1.29 is 28.6 Å². The third kappa shape index (κ3) is 7.29. The molecular weight excluding hydrogens is 690 g/mol. The molecule has 0 saturated heterocycles. The highest BCUT2D eigenvalue weighted by Gasteiger charge is 2.21. The molecule has 0 unspecified atom stereocenters. The van der Waals surface area contributed by atoms with Gasteiger partial charge in [-0.1, -0.05) is 54.6 Å². The average Bonchev–Trinajstić information content (AvgIpc) is 3.20. The first-order valence-electron chi connectivity index (χ1n) is 16.4. The normalized spacial score (nSPS) is 10.7. The maximum atomic E-state index is 14.1. The van der Waals surface area contributed by atoms with Gasteiger partial charge in [-0.15, -0.1) is 0 Å². The van der Waals surface area contributed by atoms with Crippen molar-refractivity contribution in [2.75, 3.05) is 0 Å². The third-order valence-electron chi connectivity index (χ3n) is 8.09. The quantitative estimate of drug-likeness (QED) is 0.134. The second kappa shape index (κ2) is 15.2. The molecular formula is C42H27N3O9. The van der Waals surface area contributed by atoms with E-state index in [1.165, 1.54) is 72.8 Å². The van der Waals surface area contributed by atoms with E-state index in [0.717, 1.165) is 13.7 Å². The molecule has 0 radical (unpaired) electrons. The van der Waals surface area contributed by atoms with Crippen LogP contribution in [-0.2, 0) is 0 Å². The molecule has 0 fully saturated rings. The number of hydrogen-bond donors (Lipinski definition) is 0. The molecule has 6 aromatic carbocycles. The zero-order valence-electron chi connectivity index (χ0n) is 28.1. The highest BCUT2D eigenvalue weighted by atomic mass is 16.5. The van der Waals surface area contributed by atoms with E-state index in [4.69, 9.17) is 14.2 Å². The van der Waals surface area contributed by atoms with Gasteiger partial charge in [0.25, 0.3) is 0 Å². The molecule has 0 aliphatic rings. The summed E-state index contributed by atoms with van der Waals surface area (Å²) in [6.07, 6.45) is 0. The van der Waals surface area contributed by atoms with Gasteiger partial charge >= 0.3 is 35.0 Å². The van der Waals surface area contributed by atoms with Crippen molar-refractivity contribution in [3.05, 3.63) is 212 Å². The number of hydrogen-bond acceptors (Lipinski definition) is 9. The Morgan fingerprint density at radius 1 is 0.315 bits per heavy atom. The highest BCUT2D eigenvalue weighted by molar-refractivity contribution is 5.92. The van der Waals surface area contributed by atoms with Crippen LogP contribution < -0.4 is 31.3 Å². The lowest BCUT2D eigenvalue weighted by molar-refractivity contribution is 0.0725. The molecule has 0 saturated carbocycles. The molecule has 0 bridgehead atoms. The minimum absolute atomic E-state index is 0.0637. The highest BCUT2D eigenvalue weighted by Crippen LogP contribution is 2.19. The van der Waals surface area contributed by atoms with E-state index in [2.05, 4.69) is 0 Å². The standard InChI is InChI=1S/C42H27N3O9/c46-37(28-10-4-1-5-11-28)52-34-22-16-31(17-23-34)43-40(49)44(32-18-24-35(25-19-32)53-38(47)29-12-6-2-7-13-29)42(51)45(41(43)50)33-20-26-36(27-21-33)54-39(48)30-14-8-3-9-15-30/h1-27H. The monoisotopic (exact) mass is 717 g/mol. The lowest BCUT2D eigenvalue weighted by Crippen LogP contribution is -2.52. The molecule has 1 heterocycles. The first kappa shape index (κ1) is 34.6. The number of carbonyl (C=O) groups is 3. The molecule has 264 valence electrons. The summed E-state index contributed by atoms with van der Waals surface area (Å²) < 4.78 is 18.7. The topological polar surface area (TPSA) is 145 Å². The van der Waals surface area contributed by atoms with Gasteiger partial charge in [0.2, 0.25) is 0 Å². The van der Waals surface area contributed by atoms with Crippen LogP contribution in [0, 0.1) is 0 Å². The summed E-state index contributed by atoms with van der Waals surface area (Å²) in [4.78, 5) is 80.1. The molecule has 7 rings (SSSR count). The van der Waals surface area contributed by atoms with Gasteiger partial charge in [-0.25, -0.2) is 42.5 Å². The zero-order valence-corrected chi connectivity index (χ0v) is 28.1. The van der Waals surface area contributed by atoms with Gasteiger partial charge in [-0.2, -0.15) is 0 Å². The predicted molar refractivity (Wildman–Crippen MR) is 197 cm³/mol. The summed E-state index contributed by atoms with van der Waals surface area (Å²) in [6, 6.07) is 41.9. The maximum absolute atomic E-state index is 14.1. The van der Waals surface area contributed by atoms with Crippen LogP contribution >= 0.6 is 0 Å². The van der Waals surface area contributed by atoms with Crippen LogP contribution in [0.4, 0.5) is 0 Å². The summed E-state index contributed by atoms with van der Waals surface area (Å²) in [6.45, 7) is 0. The SMILES string of the molecule is O=C(Oc1ccc(-n2c(=O)n(-c3ccc(OC(=O)c4ccccc4)cc3)c(=O)n(-c3ccc(OC(=O)c4ccccc4)cc3)c2=O)cc1)c1ccccc1. The number of carbonyl (C=O) groups excluding carboxylic acids is 3. The van der Waals surface area contributed by atoms with E-state index < -0.39 is 35.0 Å². The molecule has 0 atom stereocenters. The van der Waals surface area contributed by atoms with Gasteiger partial charge in [0.05, 0.1) is 33.8 Å². The van der Waals surface area contributed by atoms with Gasteiger partial charge in [0.15, 0.2) is 0 Å². The van der Waals surface area contributed by atoms with E-state index in [9.17, 15) is 28.8 Å². The number of rotatable bonds is 9. The molecule has 0 aliphatic carbocycles. The molecule has 54 heavy (non-hydrogen) atoms. The van der Waals surface area contributed by atoms with Crippen molar-refractivity contribution in [1.29, 1.82) is 0 Å². The Kier molecular flexibility index (Phi) is 9.72. The summed E-state index contributed by atoms with van der Waals surface area (Å²) in [7, 11) is 0. The fraction of sp³-hybridized carbons (Fsp3) is 0. The van der Waals surface area contributed by atoms with Crippen LogP contribution in [0.2, 0.25) is 0 Å². The first-order valence-corrected chi connectivity index (χ1v) is 16.4. The lowest BCUT2D eigenvalue weighted by Gasteiger charge is -2.15. The Hall–Kier alpha value is -7.86. The van der Waals surface area contributed by atoms with Crippen molar-refractivity contribution in [3.63, 3.8) is 0 Å². The van der Waals surface area contributed by atoms with Gasteiger partial charge in [0.1, 0.15) is 17.2 Å². The number of esters is 3. The minimum Gasteiger partial charge on any atom is -0.423 e. The number of nitrogens with zero attached hydrogens (tertiary/aromatic N) is 3. The molecule has 0 amide bonds. The van der Waals surface area contributed by atoms with Crippen LogP contribution in [0.3, 0.4) is 0 Å². The average molecular weight is 718 g/mol. The van der Waals surface area contributed by atoms with E-state index in [1.807, 2.05) is 0 Å². The summed E-state index contributed by atoms with van der Waals surface area (Å²) in [5.41, 5.74) is -1.83. The predicted octanol–water partition coefficient (Wildman–Crippen LogP) is 5.80. The summed E-state index contributed by atoms with van der Waals surface area (Å²) in [5.74, 6) is -1.37. The summed E-state index contributed by atoms with van der Waals surface area (Å²) >= 11 is 0. The third-order valence-corrected chi connectivity index (χ3v) is 8.09. The van der Waals surface area contributed by atoms with E-state index in [1.54, 1.807) is 91.0 Å². The fourth-order valence-electron chi connectivity index (χ4n) is 5.42. The minimum atomic E-state index is -1.00. The molecule has 0 aliphatic heterocycles. The molecule has 1 aromatic heterocycles. The Morgan fingerprint density at radius 2 is 0.537 bits per heavy atom. The molecule has 0 spiro atoms. The van der Waals surface area contributed by atoms with Crippen LogP contribution in [0.1, 0.15) is 31.1 Å². The van der Waals surface area contributed by atoms with E-state index >= 15 is 0 Å². The molecule has 7 aromatic rings. The second-order valence-corrected chi connectivity index (χ2v) is 11.6. The van der Waals surface area contributed by atoms with Gasteiger partial charge in [-0.05, 0) is 109 Å². The smallest absolute Gasteiger partial charge is 0.345 e. The van der Waals surface area contributed by atoms with Crippen molar-refractivity contribution in [1.82, 2.24) is 13.7 Å². The van der Waals surface area contributed by atoms with Crippen molar-refractivity contribution in [3.8, 4) is 34.3 Å². The van der Waals surface area contributed by atoms with Crippen LogP contribution in [0.5, 0.6) is 17.2 Å². The van der Waals surface area contributed by atoms with Crippen molar-refractivity contribution >= 4 is 17.9 Å².